The summed E-state index contributed by atoms with van der Waals surface area (Å²) < 4.78 is 18.1. The van der Waals surface area contributed by atoms with Gasteiger partial charge in [-0.1, -0.05) is 48.0 Å². The van der Waals surface area contributed by atoms with E-state index in [2.05, 4.69) is 5.32 Å². The Balaban J connectivity index is 2.10. The van der Waals surface area contributed by atoms with E-state index < -0.39 is 22.5 Å². The van der Waals surface area contributed by atoms with Crippen molar-refractivity contribution < 1.29 is 13.7 Å². The molecular weight excluding hydrogens is 346 g/mol. The first-order chi connectivity index (χ1) is 12.2. The molecule has 26 heavy (non-hydrogen) atoms. The molecule has 140 valence electrons. The van der Waals surface area contributed by atoms with Gasteiger partial charge in [-0.3, -0.25) is 4.21 Å². The molecule has 0 spiro atoms. The van der Waals surface area contributed by atoms with Crippen molar-refractivity contribution in [2.45, 2.75) is 50.7 Å². The molecule has 1 N–H and O–H groups in total. The molecule has 0 aliphatic heterocycles. The lowest BCUT2D eigenvalue weighted by molar-refractivity contribution is 0.0509. The van der Waals surface area contributed by atoms with Crippen LogP contribution in [-0.2, 0) is 22.0 Å². The highest BCUT2D eigenvalue weighted by Crippen LogP contribution is 2.13. The number of aryl methyl sites for hydroxylation is 1. The van der Waals surface area contributed by atoms with E-state index in [-0.39, 0.29) is 6.04 Å². The third-order valence-electron chi connectivity index (χ3n) is 3.68. The van der Waals surface area contributed by atoms with E-state index in [1.165, 1.54) is 0 Å². The maximum absolute atomic E-state index is 12.7. The summed E-state index contributed by atoms with van der Waals surface area (Å²) in [7, 11) is -1.21. The van der Waals surface area contributed by atoms with Crippen LogP contribution in [0.25, 0.3) is 0 Å². The Kier molecular flexibility index (Phi) is 6.98. The second-order valence-corrected chi connectivity index (χ2v) is 8.85. The van der Waals surface area contributed by atoms with Gasteiger partial charge in [0.25, 0.3) is 0 Å². The molecule has 2 aromatic carbocycles. The first kappa shape index (κ1) is 20.2. The summed E-state index contributed by atoms with van der Waals surface area (Å²) >= 11 is 0. The molecular formula is C21H27NO3S. The van der Waals surface area contributed by atoms with Crippen LogP contribution in [0.3, 0.4) is 0 Å². The molecule has 2 atom stereocenters. The molecule has 2 rings (SSSR count). The highest BCUT2D eigenvalue weighted by molar-refractivity contribution is 7.85. The van der Waals surface area contributed by atoms with Gasteiger partial charge in [-0.25, -0.2) is 4.79 Å². The molecule has 4 nitrogen and oxygen atoms in total. The molecule has 0 heterocycles. The maximum atomic E-state index is 12.7. The number of carbonyl (C=O) groups excluding carboxylic acids is 1. The molecule has 0 aliphatic rings. The second kappa shape index (κ2) is 8.99. The lowest BCUT2D eigenvalue weighted by Crippen LogP contribution is -2.43. The van der Waals surface area contributed by atoms with E-state index in [9.17, 15) is 9.00 Å². The van der Waals surface area contributed by atoms with Gasteiger partial charge in [0.1, 0.15) is 5.60 Å². The van der Waals surface area contributed by atoms with Crippen molar-refractivity contribution in [3.63, 3.8) is 0 Å². The van der Waals surface area contributed by atoms with Gasteiger partial charge in [0.2, 0.25) is 0 Å². The molecule has 0 saturated carbocycles. The smallest absolute Gasteiger partial charge is 0.407 e. The van der Waals surface area contributed by atoms with Crippen molar-refractivity contribution in [1.82, 2.24) is 5.32 Å². The first-order valence-electron chi connectivity index (χ1n) is 8.71. The van der Waals surface area contributed by atoms with E-state index in [0.29, 0.717) is 12.2 Å². The van der Waals surface area contributed by atoms with Crippen molar-refractivity contribution in [2.24, 2.45) is 0 Å². The Bertz CT molecular complexity index is 736. The molecule has 0 aromatic heterocycles. The lowest BCUT2D eigenvalue weighted by Gasteiger charge is -2.23. The minimum Gasteiger partial charge on any atom is -0.444 e. The van der Waals surface area contributed by atoms with Gasteiger partial charge in [-0.15, -0.1) is 0 Å². The molecule has 2 aromatic rings. The summed E-state index contributed by atoms with van der Waals surface area (Å²) in [6, 6.07) is 17.2. The van der Waals surface area contributed by atoms with Crippen LogP contribution in [-0.4, -0.2) is 27.7 Å². The highest BCUT2D eigenvalue weighted by atomic mass is 32.2. The predicted molar refractivity (Wildman–Crippen MR) is 106 cm³/mol. The summed E-state index contributed by atoms with van der Waals surface area (Å²) in [5.74, 6) is 0.331. The van der Waals surface area contributed by atoms with Gasteiger partial charge in [-0.05, 0) is 51.8 Å². The highest BCUT2D eigenvalue weighted by Gasteiger charge is 2.21. The second-order valence-electron chi connectivity index (χ2n) is 7.36. The summed E-state index contributed by atoms with van der Waals surface area (Å²) in [5.41, 5.74) is 1.63. The van der Waals surface area contributed by atoms with E-state index in [0.717, 1.165) is 16.0 Å². The fourth-order valence-electron chi connectivity index (χ4n) is 2.49. The normalized spacial score (nSPS) is 13.7. The zero-order valence-corrected chi connectivity index (χ0v) is 16.6. The van der Waals surface area contributed by atoms with Crippen molar-refractivity contribution in [3.8, 4) is 0 Å². The number of benzene rings is 2. The fourth-order valence-corrected chi connectivity index (χ4v) is 3.69. The molecule has 5 heteroatoms. The van der Waals surface area contributed by atoms with Gasteiger partial charge in [0, 0.05) is 16.7 Å². The van der Waals surface area contributed by atoms with Crippen LogP contribution >= 0.6 is 0 Å². The van der Waals surface area contributed by atoms with Crippen molar-refractivity contribution in [2.75, 3.05) is 5.75 Å². The Morgan fingerprint density at radius 2 is 1.69 bits per heavy atom. The number of hydrogen-bond acceptors (Lipinski definition) is 3. The largest absolute Gasteiger partial charge is 0.444 e. The number of amides is 1. The number of alkyl carbamates (subject to hydrolysis) is 1. The summed E-state index contributed by atoms with van der Waals surface area (Å²) in [6.45, 7) is 7.46. The third kappa shape index (κ3) is 7.00. The summed E-state index contributed by atoms with van der Waals surface area (Å²) in [5, 5.41) is 2.88. The van der Waals surface area contributed by atoms with Crippen LogP contribution in [0.5, 0.6) is 0 Å². The minimum atomic E-state index is -1.21. The van der Waals surface area contributed by atoms with E-state index in [1.54, 1.807) is 0 Å². The van der Waals surface area contributed by atoms with Crippen molar-refractivity contribution >= 4 is 16.9 Å². The van der Waals surface area contributed by atoms with Crippen LogP contribution in [0.15, 0.2) is 59.5 Å². The molecule has 0 aliphatic carbocycles. The number of carbonyl (C=O) groups is 1. The molecule has 0 bridgehead atoms. The number of nitrogens with one attached hydrogen (secondary N) is 1. The van der Waals surface area contributed by atoms with Crippen molar-refractivity contribution in [1.29, 1.82) is 0 Å². The Hall–Kier alpha value is -2.14. The average Bonchev–Trinajstić information content (AvgIpc) is 2.54. The zero-order chi connectivity index (χ0) is 19.2. The van der Waals surface area contributed by atoms with Crippen LogP contribution in [0, 0.1) is 6.92 Å². The number of ether oxygens (including phenoxy) is 1. The quantitative estimate of drug-likeness (QED) is 0.824. The average molecular weight is 374 g/mol. The van der Waals surface area contributed by atoms with E-state index in [4.69, 9.17) is 4.74 Å². The Labute approximate surface area is 158 Å². The minimum absolute atomic E-state index is 0.283. The monoisotopic (exact) mass is 373 g/mol. The standard InChI is InChI=1S/C21H27NO3S/c1-16-10-12-19(13-11-16)26(24)15-18(14-17-8-6-5-7-9-17)22-20(23)25-21(2,3)4/h5-13,18H,14-15H2,1-4H3,(H,22,23)/t18-,26?/m0/s1. The lowest BCUT2D eigenvalue weighted by atomic mass is 10.1. The molecule has 1 amide bonds. The SMILES string of the molecule is Cc1ccc(S(=O)C[C@H](Cc2ccccc2)NC(=O)OC(C)(C)C)cc1. The van der Waals surface area contributed by atoms with Gasteiger partial charge in [0.05, 0.1) is 10.8 Å². The first-order valence-corrected chi connectivity index (χ1v) is 10.0. The Morgan fingerprint density at radius 1 is 1.08 bits per heavy atom. The van der Waals surface area contributed by atoms with Crippen LogP contribution < -0.4 is 5.32 Å². The van der Waals surface area contributed by atoms with Gasteiger partial charge >= 0.3 is 6.09 Å². The van der Waals surface area contributed by atoms with Gasteiger partial charge < -0.3 is 10.1 Å². The van der Waals surface area contributed by atoms with Crippen LogP contribution in [0.4, 0.5) is 4.79 Å². The zero-order valence-electron chi connectivity index (χ0n) is 15.8. The van der Waals surface area contributed by atoms with Crippen LogP contribution in [0.2, 0.25) is 0 Å². The number of hydrogen-bond donors (Lipinski definition) is 1. The van der Waals surface area contributed by atoms with E-state index >= 15 is 0 Å². The predicted octanol–water partition coefficient (Wildman–Crippen LogP) is 4.24. The molecule has 0 fully saturated rings. The topological polar surface area (TPSA) is 55.4 Å². The molecule has 1 unspecified atom stereocenters. The van der Waals surface area contributed by atoms with Crippen LogP contribution in [0.1, 0.15) is 31.9 Å². The van der Waals surface area contributed by atoms with Crippen molar-refractivity contribution in [3.05, 3.63) is 65.7 Å². The van der Waals surface area contributed by atoms with Gasteiger partial charge in [0.15, 0.2) is 0 Å². The number of rotatable bonds is 6. The summed E-state index contributed by atoms with van der Waals surface area (Å²) in [4.78, 5) is 13.0. The fraction of sp³-hybridized carbons (Fsp3) is 0.381. The summed E-state index contributed by atoms with van der Waals surface area (Å²) in [6.07, 6.45) is 0.108. The van der Waals surface area contributed by atoms with E-state index in [1.807, 2.05) is 82.3 Å². The Morgan fingerprint density at radius 3 is 2.27 bits per heavy atom. The molecule has 0 saturated heterocycles. The third-order valence-corrected chi connectivity index (χ3v) is 5.19. The van der Waals surface area contributed by atoms with Gasteiger partial charge in [-0.2, -0.15) is 0 Å². The molecule has 0 radical (unpaired) electrons. The maximum Gasteiger partial charge on any atom is 0.407 e.